The Morgan fingerprint density at radius 2 is 2.04 bits per heavy atom. The molecule has 0 spiro atoms. The number of carboxylic acid groups (broad SMARTS) is 1. The molecule has 0 radical (unpaired) electrons. The van der Waals surface area contributed by atoms with Gasteiger partial charge in [-0.05, 0) is 32.9 Å². The fourth-order valence-corrected chi connectivity index (χ4v) is 2.23. The summed E-state index contributed by atoms with van der Waals surface area (Å²) >= 11 is 0. The van der Waals surface area contributed by atoms with E-state index < -0.39 is 17.7 Å². The number of aromatic carboxylic acids is 1. The zero-order valence-electron chi connectivity index (χ0n) is 14.4. The average Bonchev–Trinajstić information content (AvgIpc) is 3.14. The molecule has 0 aliphatic heterocycles. The van der Waals surface area contributed by atoms with Crippen LogP contribution in [-0.2, 0) is 11.3 Å². The van der Waals surface area contributed by atoms with Crippen LogP contribution in [0.2, 0.25) is 0 Å². The number of nitrogens with one attached hydrogen (secondary N) is 1. The lowest BCUT2D eigenvalue weighted by Gasteiger charge is -2.19. The van der Waals surface area contributed by atoms with E-state index in [-0.39, 0.29) is 18.1 Å². The third-order valence-electron chi connectivity index (χ3n) is 3.22. The summed E-state index contributed by atoms with van der Waals surface area (Å²) in [5.41, 5.74) is 0.194. The SMILES string of the molecule is CC(C)(C)OC(=O)Nc1ncnc2c1ncn2Cc1ccc(C(=O)O)o1. The number of ether oxygens (including phenoxy) is 1. The predicted octanol–water partition coefficient (Wildman–Crippen LogP) is 2.51. The van der Waals surface area contributed by atoms with Gasteiger partial charge in [0.15, 0.2) is 17.0 Å². The minimum Gasteiger partial charge on any atom is -0.475 e. The monoisotopic (exact) mass is 359 g/mol. The zero-order chi connectivity index (χ0) is 18.9. The first-order valence-corrected chi connectivity index (χ1v) is 7.71. The minimum atomic E-state index is -1.14. The summed E-state index contributed by atoms with van der Waals surface area (Å²) in [6.07, 6.45) is 2.14. The largest absolute Gasteiger partial charge is 0.475 e. The summed E-state index contributed by atoms with van der Waals surface area (Å²) in [6, 6.07) is 2.94. The third kappa shape index (κ3) is 3.79. The Hall–Kier alpha value is -3.43. The molecule has 0 atom stereocenters. The molecule has 3 aromatic heterocycles. The van der Waals surface area contributed by atoms with Gasteiger partial charge in [-0.25, -0.2) is 24.5 Å². The van der Waals surface area contributed by atoms with Crippen molar-refractivity contribution < 1.29 is 23.8 Å². The number of amides is 1. The maximum Gasteiger partial charge on any atom is 0.413 e. The molecule has 2 N–H and O–H groups in total. The van der Waals surface area contributed by atoms with Crippen LogP contribution in [0.4, 0.5) is 10.6 Å². The van der Waals surface area contributed by atoms with Crippen molar-refractivity contribution in [2.24, 2.45) is 0 Å². The summed E-state index contributed by atoms with van der Waals surface area (Å²) in [4.78, 5) is 35.2. The van der Waals surface area contributed by atoms with Crippen LogP contribution in [0.3, 0.4) is 0 Å². The lowest BCUT2D eigenvalue weighted by atomic mass is 10.2. The second-order valence-electron chi connectivity index (χ2n) is 6.46. The number of carboxylic acids is 1. The maximum absolute atomic E-state index is 11.9. The number of aromatic nitrogens is 4. The molecule has 10 nitrogen and oxygen atoms in total. The van der Waals surface area contributed by atoms with Gasteiger partial charge in [-0.15, -0.1) is 0 Å². The second kappa shape index (κ2) is 6.47. The van der Waals surface area contributed by atoms with Gasteiger partial charge >= 0.3 is 12.1 Å². The third-order valence-corrected chi connectivity index (χ3v) is 3.22. The Morgan fingerprint density at radius 3 is 2.69 bits per heavy atom. The Labute approximate surface area is 147 Å². The zero-order valence-corrected chi connectivity index (χ0v) is 14.4. The van der Waals surface area contributed by atoms with E-state index >= 15 is 0 Å². The summed E-state index contributed by atoms with van der Waals surface area (Å²) in [5, 5.41) is 11.5. The van der Waals surface area contributed by atoms with Gasteiger partial charge in [0.25, 0.3) is 0 Å². The van der Waals surface area contributed by atoms with Crippen LogP contribution < -0.4 is 5.32 Å². The highest BCUT2D eigenvalue weighted by Crippen LogP contribution is 2.20. The van der Waals surface area contributed by atoms with Crippen molar-refractivity contribution in [2.45, 2.75) is 32.9 Å². The lowest BCUT2D eigenvalue weighted by Crippen LogP contribution is -2.27. The van der Waals surface area contributed by atoms with Crippen LogP contribution >= 0.6 is 0 Å². The highest BCUT2D eigenvalue weighted by molar-refractivity contribution is 5.93. The van der Waals surface area contributed by atoms with Gasteiger partial charge in [0.1, 0.15) is 17.7 Å². The van der Waals surface area contributed by atoms with Crippen molar-refractivity contribution in [3.05, 3.63) is 36.3 Å². The van der Waals surface area contributed by atoms with Gasteiger partial charge in [-0.3, -0.25) is 5.32 Å². The molecule has 3 rings (SSSR count). The topological polar surface area (TPSA) is 132 Å². The molecule has 3 heterocycles. The van der Waals surface area contributed by atoms with E-state index in [2.05, 4.69) is 20.3 Å². The fraction of sp³-hybridized carbons (Fsp3) is 0.312. The number of hydrogen-bond acceptors (Lipinski definition) is 7. The lowest BCUT2D eigenvalue weighted by molar-refractivity contribution is 0.0631. The van der Waals surface area contributed by atoms with Crippen molar-refractivity contribution in [1.29, 1.82) is 0 Å². The summed E-state index contributed by atoms with van der Waals surface area (Å²) in [7, 11) is 0. The van der Waals surface area contributed by atoms with E-state index in [0.717, 1.165) is 0 Å². The molecule has 0 fully saturated rings. The summed E-state index contributed by atoms with van der Waals surface area (Å²) in [5.74, 6) is -0.639. The number of rotatable bonds is 4. The van der Waals surface area contributed by atoms with Crippen molar-refractivity contribution in [1.82, 2.24) is 19.5 Å². The fourth-order valence-electron chi connectivity index (χ4n) is 2.23. The van der Waals surface area contributed by atoms with Crippen LogP contribution in [0.1, 0.15) is 37.1 Å². The molecule has 0 aliphatic rings. The molecule has 3 aromatic rings. The molecule has 0 saturated heterocycles. The van der Waals surface area contributed by atoms with E-state index in [1.54, 1.807) is 31.4 Å². The molecule has 26 heavy (non-hydrogen) atoms. The predicted molar refractivity (Wildman–Crippen MR) is 89.9 cm³/mol. The van der Waals surface area contributed by atoms with E-state index in [0.29, 0.717) is 16.9 Å². The van der Waals surface area contributed by atoms with Crippen molar-refractivity contribution in [3.63, 3.8) is 0 Å². The van der Waals surface area contributed by atoms with Gasteiger partial charge in [0.2, 0.25) is 5.76 Å². The molecule has 0 saturated carbocycles. The summed E-state index contributed by atoms with van der Waals surface area (Å²) < 4.78 is 12.1. The van der Waals surface area contributed by atoms with Crippen molar-refractivity contribution >= 4 is 29.0 Å². The van der Waals surface area contributed by atoms with E-state index in [1.165, 1.54) is 18.7 Å². The van der Waals surface area contributed by atoms with Crippen LogP contribution in [0.5, 0.6) is 0 Å². The number of carbonyl (C=O) groups excluding carboxylic acids is 1. The molecular weight excluding hydrogens is 342 g/mol. The first-order valence-electron chi connectivity index (χ1n) is 7.71. The molecule has 0 bridgehead atoms. The Morgan fingerprint density at radius 1 is 1.27 bits per heavy atom. The smallest absolute Gasteiger partial charge is 0.413 e. The van der Waals surface area contributed by atoms with Crippen molar-refractivity contribution in [3.8, 4) is 0 Å². The minimum absolute atomic E-state index is 0.147. The normalized spacial score (nSPS) is 11.5. The maximum atomic E-state index is 11.9. The van der Waals surface area contributed by atoms with E-state index in [4.69, 9.17) is 14.3 Å². The number of hydrogen-bond donors (Lipinski definition) is 2. The highest BCUT2D eigenvalue weighted by Gasteiger charge is 2.19. The molecule has 0 aliphatic carbocycles. The molecular formula is C16H17N5O5. The first-order chi connectivity index (χ1) is 12.2. The van der Waals surface area contributed by atoms with E-state index in [9.17, 15) is 9.59 Å². The van der Waals surface area contributed by atoms with Crippen LogP contribution in [-0.4, -0.2) is 42.3 Å². The van der Waals surface area contributed by atoms with Gasteiger partial charge in [0, 0.05) is 0 Å². The number of anilines is 1. The van der Waals surface area contributed by atoms with Crippen LogP contribution in [0.25, 0.3) is 11.2 Å². The Balaban J connectivity index is 1.84. The number of carbonyl (C=O) groups is 2. The average molecular weight is 359 g/mol. The van der Waals surface area contributed by atoms with Gasteiger partial charge in [-0.1, -0.05) is 0 Å². The number of furan rings is 1. The number of nitrogens with zero attached hydrogens (tertiary/aromatic N) is 4. The second-order valence-corrected chi connectivity index (χ2v) is 6.46. The van der Waals surface area contributed by atoms with Gasteiger partial charge < -0.3 is 18.8 Å². The Bertz CT molecular complexity index is 969. The summed E-state index contributed by atoms with van der Waals surface area (Å²) in [6.45, 7) is 5.50. The number of fused-ring (bicyclic) bond motifs is 1. The van der Waals surface area contributed by atoms with E-state index in [1.807, 2.05) is 0 Å². The van der Waals surface area contributed by atoms with Crippen molar-refractivity contribution in [2.75, 3.05) is 5.32 Å². The van der Waals surface area contributed by atoms with Crippen LogP contribution in [0, 0.1) is 0 Å². The van der Waals surface area contributed by atoms with Crippen LogP contribution in [0.15, 0.2) is 29.2 Å². The highest BCUT2D eigenvalue weighted by atomic mass is 16.6. The number of imidazole rings is 1. The molecule has 0 aromatic carbocycles. The molecule has 136 valence electrons. The standard InChI is InChI=1S/C16H17N5O5/c1-16(2,3)26-15(24)20-12-11-13(18-7-17-12)21(8-19-11)6-9-4-5-10(25-9)14(22)23/h4-5,7-8H,6H2,1-3H3,(H,22,23)(H,17,18,20,24). The molecule has 10 heteroatoms. The first kappa shape index (κ1) is 17.4. The van der Waals surface area contributed by atoms with Gasteiger partial charge in [-0.2, -0.15) is 0 Å². The Kier molecular flexibility index (Phi) is 4.33. The molecule has 0 unspecified atom stereocenters. The quantitative estimate of drug-likeness (QED) is 0.726. The van der Waals surface area contributed by atoms with Gasteiger partial charge in [0.05, 0.1) is 12.9 Å². The molecule has 1 amide bonds.